The smallest absolute Gasteiger partial charge is 0.318 e. The van der Waals surface area contributed by atoms with Crippen molar-refractivity contribution < 1.29 is 13.9 Å². The first-order chi connectivity index (χ1) is 15.6. The van der Waals surface area contributed by atoms with Gasteiger partial charge in [0.2, 0.25) is 0 Å². The molecule has 1 aliphatic rings. The van der Waals surface area contributed by atoms with Crippen LogP contribution in [0.5, 0.6) is 5.75 Å². The average molecular weight is 435 g/mol. The van der Waals surface area contributed by atoms with E-state index in [1.807, 2.05) is 42.2 Å². The number of amides is 2. The first kappa shape index (κ1) is 21.7. The summed E-state index contributed by atoms with van der Waals surface area (Å²) in [5, 5.41) is 3.19. The van der Waals surface area contributed by atoms with E-state index >= 15 is 0 Å². The van der Waals surface area contributed by atoms with E-state index in [1.54, 1.807) is 13.3 Å². The number of anilines is 1. The van der Waals surface area contributed by atoms with Gasteiger partial charge in [-0.3, -0.25) is 0 Å². The first-order valence-corrected chi connectivity index (χ1v) is 11.0. The minimum atomic E-state index is -0.00558. The maximum Gasteiger partial charge on any atom is 0.318 e. The van der Waals surface area contributed by atoms with Gasteiger partial charge in [-0.05, 0) is 24.1 Å². The summed E-state index contributed by atoms with van der Waals surface area (Å²) in [5.41, 5.74) is 3.08. The lowest BCUT2D eigenvalue weighted by molar-refractivity contribution is 0.190. The van der Waals surface area contributed by atoms with Crippen LogP contribution in [0.3, 0.4) is 0 Å². The molecule has 1 N–H and O–H groups in total. The van der Waals surface area contributed by atoms with Crippen molar-refractivity contribution >= 4 is 11.7 Å². The van der Waals surface area contributed by atoms with Gasteiger partial charge in [0, 0.05) is 44.9 Å². The van der Waals surface area contributed by atoms with E-state index in [-0.39, 0.29) is 12.1 Å². The highest BCUT2D eigenvalue weighted by Gasteiger charge is 2.24. The molecule has 2 aromatic carbocycles. The Hall–Kier alpha value is -3.48. The van der Waals surface area contributed by atoms with Crippen LogP contribution >= 0.6 is 0 Å². The molecule has 168 valence electrons. The number of nitrogens with one attached hydrogen (secondary N) is 1. The van der Waals surface area contributed by atoms with Crippen LogP contribution < -0.4 is 15.0 Å². The van der Waals surface area contributed by atoms with Crippen LogP contribution in [-0.4, -0.2) is 49.2 Å². The summed E-state index contributed by atoms with van der Waals surface area (Å²) in [6.07, 6.45) is 2.57. The summed E-state index contributed by atoms with van der Waals surface area (Å²) < 4.78 is 11.3. The first-order valence-electron chi connectivity index (χ1n) is 11.0. The number of ether oxygens (including phenoxy) is 1. The van der Waals surface area contributed by atoms with Crippen molar-refractivity contribution in [2.24, 2.45) is 0 Å². The van der Waals surface area contributed by atoms with Gasteiger partial charge in [0.1, 0.15) is 5.75 Å². The van der Waals surface area contributed by atoms with Crippen LogP contribution in [0, 0.1) is 6.92 Å². The number of benzene rings is 2. The summed E-state index contributed by atoms with van der Waals surface area (Å²) in [6, 6.07) is 16.2. The van der Waals surface area contributed by atoms with Crippen LogP contribution in [0.4, 0.5) is 10.5 Å². The van der Waals surface area contributed by atoms with E-state index in [2.05, 4.69) is 40.3 Å². The molecule has 3 aromatic rings. The van der Waals surface area contributed by atoms with Gasteiger partial charge >= 0.3 is 6.03 Å². The van der Waals surface area contributed by atoms with Crippen LogP contribution in [0.25, 0.3) is 11.3 Å². The maximum absolute atomic E-state index is 12.8. The normalized spacial score (nSPS) is 14.8. The third kappa shape index (κ3) is 4.72. The predicted molar refractivity (Wildman–Crippen MR) is 125 cm³/mol. The third-order valence-corrected chi connectivity index (χ3v) is 5.91. The van der Waals surface area contributed by atoms with Gasteiger partial charge in [-0.25, -0.2) is 9.78 Å². The zero-order valence-electron chi connectivity index (χ0n) is 18.9. The molecule has 1 unspecified atom stereocenters. The van der Waals surface area contributed by atoms with E-state index in [4.69, 9.17) is 9.15 Å². The molecule has 1 atom stereocenters. The molecule has 0 spiro atoms. The Morgan fingerprint density at radius 3 is 2.53 bits per heavy atom. The van der Waals surface area contributed by atoms with Crippen LogP contribution in [0.15, 0.2) is 59.1 Å². The summed E-state index contributed by atoms with van der Waals surface area (Å²) in [6.45, 7) is 6.78. The molecule has 7 heteroatoms. The third-order valence-electron chi connectivity index (χ3n) is 5.91. The number of carbonyl (C=O) groups is 1. The lowest BCUT2D eigenvalue weighted by atomic mass is 10.1. The van der Waals surface area contributed by atoms with Gasteiger partial charge in [0.25, 0.3) is 0 Å². The lowest BCUT2D eigenvalue weighted by Gasteiger charge is -2.37. The van der Waals surface area contributed by atoms with Crippen molar-refractivity contribution in [1.29, 1.82) is 0 Å². The zero-order chi connectivity index (χ0) is 22.5. The summed E-state index contributed by atoms with van der Waals surface area (Å²) >= 11 is 0. The van der Waals surface area contributed by atoms with E-state index in [1.165, 1.54) is 0 Å². The SMILES string of the molecule is CCC(NC(=O)N1CCN(c2ccc(-c3cnc(C)o3)c(OC)c2)CC1)c1ccccc1. The highest BCUT2D eigenvalue weighted by Crippen LogP contribution is 2.34. The van der Waals surface area contributed by atoms with Crippen LogP contribution in [0.1, 0.15) is 30.8 Å². The van der Waals surface area contributed by atoms with Crippen molar-refractivity contribution in [2.45, 2.75) is 26.3 Å². The quantitative estimate of drug-likeness (QED) is 0.612. The van der Waals surface area contributed by atoms with Gasteiger partial charge in [-0.15, -0.1) is 0 Å². The Bertz CT molecular complexity index is 1040. The van der Waals surface area contributed by atoms with Gasteiger partial charge in [-0.1, -0.05) is 37.3 Å². The van der Waals surface area contributed by atoms with Crippen molar-refractivity contribution in [3.05, 3.63) is 66.2 Å². The van der Waals surface area contributed by atoms with Crippen LogP contribution in [-0.2, 0) is 0 Å². The Kier molecular flexibility index (Phi) is 6.63. The second-order valence-electron chi connectivity index (χ2n) is 7.92. The second kappa shape index (κ2) is 9.77. The number of carbonyl (C=O) groups excluding carboxylic acids is 1. The van der Waals surface area contributed by atoms with Crippen LogP contribution in [0.2, 0.25) is 0 Å². The Morgan fingerprint density at radius 2 is 1.91 bits per heavy atom. The molecule has 1 aliphatic heterocycles. The van der Waals surface area contributed by atoms with E-state index in [0.29, 0.717) is 24.7 Å². The number of nitrogens with zero attached hydrogens (tertiary/aromatic N) is 3. The Labute approximate surface area is 189 Å². The molecular weight excluding hydrogens is 404 g/mol. The molecule has 2 amide bonds. The fourth-order valence-corrected chi connectivity index (χ4v) is 4.08. The number of hydrogen-bond donors (Lipinski definition) is 1. The average Bonchev–Trinajstić information content (AvgIpc) is 3.28. The van der Waals surface area contributed by atoms with Gasteiger partial charge < -0.3 is 24.3 Å². The Morgan fingerprint density at radius 1 is 1.16 bits per heavy atom. The highest BCUT2D eigenvalue weighted by atomic mass is 16.5. The van der Waals surface area contributed by atoms with Gasteiger partial charge in [0.15, 0.2) is 11.7 Å². The molecule has 32 heavy (non-hydrogen) atoms. The number of urea groups is 1. The molecule has 0 aliphatic carbocycles. The maximum atomic E-state index is 12.8. The van der Waals surface area contributed by atoms with Crippen molar-refractivity contribution in [2.75, 3.05) is 38.2 Å². The molecule has 0 radical (unpaired) electrons. The highest BCUT2D eigenvalue weighted by molar-refractivity contribution is 5.75. The predicted octanol–water partition coefficient (Wildman–Crippen LogP) is 4.64. The number of aryl methyl sites for hydroxylation is 1. The van der Waals surface area contributed by atoms with Crippen molar-refractivity contribution in [3.63, 3.8) is 0 Å². The van der Waals surface area contributed by atoms with E-state index in [9.17, 15) is 4.79 Å². The Balaban J connectivity index is 1.38. The minimum Gasteiger partial charge on any atom is -0.496 e. The molecule has 1 fully saturated rings. The molecule has 1 aromatic heterocycles. The molecule has 1 saturated heterocycles. The van der Waals surface area contributed by atoms with E-state index < -0.39 is 0 Å². The second-order valence-corrected chi connectivity index (χ2v) is 7.92. The number of rotatable bonds is 6. The van der Waals surface area contributed by atoms with Crippen molar-refractivity contribution in [3.8, 4) is 17.1 Å². The summed E-state index contributed by atoms with van der Waals surface area (Å²) in [5.74, 6) is 2.06. The fraction of sp³-hybridized carbons (Fsp3) is 0.360. The number of aromatic nitrogens is 1. The minimum absolute atomic E-state index is 0.00558. The molecule has 7 nitrogen and oxygen atoms in total. The van der Waals surface area contributed by atoms with E-state index in [0.717, 1.165) is 42.1 Å². The van der Waals surface area contributed by atoms with Crippen molar-refractivity contribution in [1.82, 2.24) is 15.2 Å². The monoisotopic (exact) mass is 434 g/mol. The standard InChI is InChI=1S/C25H30N4O3/c1-4-22(19-8-6-5-7-9-19)27-25(30)29-14-12-28(13-15-29)20-10-11-21(23(16-20)31-3)24-17-26-18(2)32-24/h5-11,16-17,22H,4,12-15H2,1-3H3,(H,27,30). The molecular formula is C25H30N4O3. The molecule has 0 saturated carbocycles. The zero-order valence-corrected chi connectivity index (χ0v) is 18.9. The topological polar surface area (TPSA) is 70.8 Å². The van der Waals surface area contributed by atoms with Gasteiger partial charge in [0.05, 0.1) is 24.9 Å². The molecule has 2 heterocycles. The fourth-order valence-electron chi connectivity index (χ4n) is 4.08. The lowest BCUT2D eigenvalue weighted by Crippen LogP contribution is -2.52. The molecule has 4 rings (SSSR count). The number of oxazole rings is 1. The number of methoxy groups -OCH3 is 1. The molecule has 0 bridgehead atoms. The largest absolute Gasteiger partial charge is 0.496 e. The van der Waals surface area contributed by atoms with Gasteiger partial charge in [-0.2, -0.15) is 0 Å². The summed E-state index contributed by atoms with van der Waals surface area (Å²) in [7, 11) is 1.66. The number of piperazine rings is 1. The summed E-state index contributed by atoms with van der Waals surface area (Å²) in [4.78, 5) is 21.2. The number of hydrogen-bond acceptors (Lipinski definition) is 5.